The maximum absolute atomic E-state index is 4.88. The first-order chi connectivity index (χ1) is 3.30. The van der Waals surface area contributed by atoms with E-state index in [0.717, 1.165) is 21.2 Å². The summed E-state index contributed by atoms with van der Waals surface area (Å²) in [5, 5.41) is 0. The average molecular weight is 148 g/mol. The van der Waals surface area contributed by atoms with Crippen LogP contribution >= 0.6 is 36.2 Å². The van der Waals surface area contributed by atoms with Crippen LogP contribution in [0.3, 0.4) is 0 Å². The van der Waals surface area contributed by atoms with Gasteiger partial charge >= 0.3 is 0 Å². The van der Waals surface area contributed by atoms with E-state index in [1.54, 1.807) is 0 Å². The summed E-state index contributed by atoms with van der Waals surface area (Å²) < 4.78 is 0. The van der Waals surface area contributed by atoms with Crippen molar-refractivity contribution >= 4 is 45.9 Å². The Morgan fingerprint density at radius 1 is 1.14 bits per heavy atom. The fourth-order valence-corrected chi connectivity index (χ4v) is 2.05. The molecule has 0 nitrogen and oxygen atoms in total. The van der Waals surface area contributed by atoms with Crippen LogP contribution in [0.1, 0.15) is 0 Å². The SMILES string of the molecule is S=C1CSCC1=S. The van der Waals surface area contributed by atoms with Crippen LogP contribution in [-0.2, 0) is 0 Å². The van der Waals surface area contributed by atoms with Crippen molar-refractivity contribution in [2.24, 2.45) is 0 Å². The molecule has 1 saturated heterocycles. The van der Waals surface area contributed by atoms with Gasteiger partial charge in [-0.2, -0.15) is 11.8 Å². The molecule has 0 radical (unpaired) electrons. The van der Waals surface area contributed by atoms with Crippen molar-refractivity contribution in [1.82, 2.24) is 0 Å². The van der Waals surface area contributed by atoms with Crippen LogP contribution in [0.15, 0.2) is 0 Å². The smallest absolute Gasteiger partial charge is 0.0399 e. The molecule has 0 atom stereocenters. The number of hydrogen-bond donors (Lipinski definition) is 0. The van der Waals surface area contributed by atoms with Crippen molar-refractivity contribution in [3.05, 3.63) is 0 Å². The second-order valence-electron chi connectivity index (χ2n) is 1.34. The molecule has 0 unspecified atom stereocenters. The summed E-state index contributed by atoms with van der Waals surface area (Å²) in [6.07, 6.45) is 0. The molecule has 38 valence electrons. The molecule has 1 aliphatic rings. The van der Waals surface area contributed by atoms with Crippen molar-refractivity contribution in [2.45, 2.75) is 0 Å². The number of thiocarbonyl (C=S) groups is 2. The number of hydrogen-bond acceptors (Lipinski definition) is 3. The lowest BCUT2D eigenvalue weighted by atomic mass is 10.4. The zero-order chi connectivity index (χ0) is 5.28. The second kappa shape index (κ2) is 2.20. The Labute approximate surface area is 57.7 Å². The number of rotatable bonds is 0. The van der Waals surface area contributed by atoms with Gasteiger partial charge in [0.2, 0.25) is 0 Å². The number of thioether (sulfide) groups is 1. The zero-order valence-electron chi connectivity index (χ0n) is 3.64. The van der Waals surface area contributed by atoms with Gasteiger partial charge in [0, 0.05) is 21.2 Å². The van der Waals surface area contributed by atoms with Gasteiger partial charge < -0.3 is 0 Å². The van der Waals surface area contributed by atoms with Gasteiger partial charge in [-0.1, -0.05) is 24.4 Å². The largest absolute Gasteiger partial charge is 0.151 e. The van der Waals surface area contributed by atoms with Crippen LogP contribution in [0.4, 0.5) is 0 Å². The predicted octanol–water partition coefficient (Wildman–Crippen LogP) is 1.47. The molecule has 1 heterocycles. The Morgan fingerprint density at radius 3 is 1.71 bits per heavy atom. The topological polar surface area (TPSA) is 0 Å². The lowest BCUT2D eigenvalue weighted by Gasteiger charge is -1.80. The van der Waals surface area contributed by atoms with Gasteiger partial charge in [-0.25, -0.2) is 0 Å². The molecule has 0 N–H and O–H groups in total. The molecule has 3 heteroatoms. The molecule has 0 bridgehead atoms. The van der Waals surface area contributed by atoms with E-state index >= 15 is 0 Å². The predicted molar refractivity (Wildman–Crippen MR) is 42.5 cm³/mol. The fraction of sp³-hybridized carbons (Fsp3) is 0.500. The van der Waals surface area contributed by atoms with E-state index in [0.29, 0.717) is 0 Å². The first-order valence-electron chi connectivity index (χ1n) is 1.94. The molecule has 7 heavy (non-hydrogen) atoms. The minimum Gasteiger partial charge on any atom is -0.151 e. The van der Waals surface area contributed by atoms with E-state index in [2.05, 4.69) is 0 Å². The van der Waals surface area contributed by atoms with E-state index < -0.39 is 0 Å². The summed E-state index contributed by atoms with van der Waals surface area (Å²) >= 11 is 11.6. The lowest BCUT2D eigenvalue weighted by molar-refractivity contribution is 2.12. The van der Waals surface area contributed by atoms with Crippen molar-refractivity contribution in [2.75, 3.05) is 11.5 Å². The van der Waals surface area contributed by atoms with Crippen LogP contribution in [0, 0.1) is 0 Å². The molecule has 1 rings (SSSR count). The van der Waals surface area contributed by atoms with Crippen molar-refractivity contribution < 1.29 is 0 Å². The summed E-state index contributed by atoms with van der Waals surface area (Å²) in [4.78, 5) is 1.97. The highest BCUT2D eigenvalue weighted by molar-refractivity contribution is 8.06. The molecule has 0 aromatic heterocycles. The maximum atomic E-state index is 4.88. The molecular formula is C4H4S3. The summed E-state index contributed by atoms with van der Waals surface area (Å²) in [6, 6.07) is 0. The molecular weight excluding hydrogens is 144 g/mol. The summed E-state index contributed by atoms with van der Waals surface area (Å²) in [7, 11) is 0. The van der Waals surface area contributed by atoms with E-state index in [9.17, 15) is 0 Å². The van der Waals surface area contributed by atoms with E-state index in [1.165, 1.54) is 0 Å². The lowest BCUT2D eigenvalue weighted by Crippen LogP contribution is -2.02. The molecule has 0 aromatic rings. The summed E-state index contributed by atoms with van der Waals surface area (Å²) in [6.45, 7) is 0. The Bertz CT molecular complexity index is 102. The summed E-state index contributed by atoms with van der Waals surface area (Å²) in [5.74, 6) is 1.96. The maximum Gasteiger partial charge on any atom is 0.0399 e. The van der Waals surface area contributed by atoms with Crippen molar-refractivity contribution in [3.63, 3.8) is 0 Å². The van der Waals surface area contributed by atoms with Gasteiger partial charge in [0.05, 0.1) is 0 Å². The molecule has 0 amide bonds. The van der Waals surface area contributed by atoms with E-state index in [4.69, 9.17) is 24.4 Å². The van der Waals surface area contributed by atoms with Crippen molar-refractivity contribution in [3.8, 4) is 0 Å². The van der Waals surface area contributed by atoms with Crippen LogP contribution in [0.25, 0.3) is 0 Å². The quantitative estimate of drug-likeness (QED) is 0.477. The fourth-order valence-electron chi connectivity index (χ4n) is 0.397. The third-order valence-electron chi connectivity index (χ3n) is 0.777. The minimum atomic E-state index is 0.980. The first kappa shape index (κ1) is 5.66. The van der Waals surface area contributed by atoms with Gasteiger partial charge in [-0.15, -0.1) is 0 Å². The monoisotopic (exact) mass is 148 g/mol. The normalized spacial score (nSPS) is 21.1. The molecule has 1 fully saturated rings. The molecule has 1 aliphatic heterocycles. The van der Waals surface area contributed by atoms with E-state index in [1.807, 2.05) is 11.8 Å². The van der Waals surface area contributed by atoms with Crippen LogP contribution < -0.4 is 0 Å². The standard InChI is InChI=1S/C4H4S3/c5-3-1-7-2-4(3)6/h1-2H2. The minimum absolute atomic E-state index is 0.980. The van der Waals surface area contributed by atoms with Crippen LogP contribution in [-0.4, -0.2) is 21.2 Å². The van der Waals surface area contributed by atoms with Crippen LogP contribution in [0.2, 0.25) is 0 Å². The van der Waals surface area contributed by atoms with Gasteiger partial charge in [0.15, 0.2) is 0 Å². The molecule has 0 spiro atoms. The Kier molecular flexibility index (Phi) is 1.78. The van der Waals surface area contributed by atoms with Gasteiger partial charge in [-0.3, -0.25) is 0 Å². The molecule has 0 saturated carbocycles. The third-order valence-corrected chi connectivity index (χ3v) is 3.04. The summed E-state index contributed by atoms with van der Waals surface area (Å²) in [5.41, 5.74) is 0. The Morgan fingerprint density at radius 2 is 1.57 bits per heavy atom. The third kappa shape index (κ3) is 1.21. The second-order valence-corrected chi connectivity index (χ2v) is 3.31. The zero-order valence-corrected chi connectivity index (χ0v) is 6.09. The average Bonchev–Trinajstić information content (AvgIpc) is 1.91. The highest BCUT2D eigenvalue weighted by Crippen LogP contribution is 2.12. The molecule has 0 aliphatic carbocycles. The highest BCUT2D eigenvalue weighted by atomic mass is 32.2. The van der Waals surface area contributed by atoms with Gasteiger partial charge in [0.1, 0.15) is 0 Å². The Balaban J connectivity index is 2.65. The molecule has 0 aromatic carbocycles. The highest BCUT2D eigenvalue weighted by Gasteiger charge is 2.11. The van der Waals surface area contributed by atoms with Gasteiger partial charge in [0.25, 0.3) is 0 Å². The van der Waals surface area contributed by atoms with E-state index in [-0.39, 0.29) is 0 Å². The van der Waals surface area contributed by atoms with Gasteiger partial charge in [-0.05, 0) is 0 Å². The first-order valence-corrected chi connectivity index (χ1v) is 3.91. The van der Waals surface area contributed by atoms with Crippen LogP contribution in [0.5, 0.6) is 0 Å². The Hall–Kier alpha value is 0.530. The van der Waals surface area contributed by atoms with Crippen molar-refractivity contribution in [1.29, 1.82) is 0 Å².